The number of aromatic nitrogens is 1. The Bertz CT molecular complexity index is 471. The third kappa shape index (κ3) is 5.54. The van der Waals surface area contributed by atoms with Crippen molar-refractivity contribution in [3.63, 3.8) is 0 Å². The summed E-state index contributed by atoms with van der Waals surface area (Å²) in [6.45, 7) is 6.27. The third-order valence-electron chi connectivity index (χ3n) is 3.83. The second-order valence-corrected chi connectivity index (χ2v) is 6.92. The Morgan fingerprint density at radius 2 is 2.14 bits per heavy atom. The predicted octanol–water partition coefficient (Wildman–Crippen LogP) is 3.58. The number of nitrogens with zero attached hydrogens (tertiary/aromatic N) is 1. The molecule has 2 atom stereocenters. The molecule has 122 valence electrons. The lowest BCUT2D eigenvalue weighted by Crippen LogP contribution is -2.42. The van der Waals surface area contributed by atoms with E-state index in [2.05, 4.69) is 15.6 Å². The summed E-state index contributed by atoms with van der Waals surface area (Å²) < 4.78 is 5.30. The van der Waals surface area contributed by atoms with Crippen molar-refractivity contribution in [1.82, 2.24) is 10.3 Å². The summed E-state index contributed by atoms with van der Waals surface area (Å²) in [4.78, 5) is 15.9. The highest BCUT2D eigenvalue weighted by atomic mass is 16.6. The van der Waals surface area contributed by atoms with Gasteiger partial charge in [0, 0.05) is 25.0 Å². The maximum atomic E-state index is 11.8. The summed E-state index contributed by atoms with van der Waals surface area (Å²) in [5, 5.41) is 6.46. The van der Waals surface area contributed by atoms with E-state index in [9.17, 15) is 4.79 Å². The summed E-state index contributed by atoms with van der Waals surface area (Å²) in [5.74, 6) is 0.418. The van der Waals surface area contributed by atoms with Gasteiger partial charge in [0.1, 0.15) is 5.60 Å². The Morgan fingerprint density at radius 1 is 1.36 bits per heavy atom. The molecule has 0 aliphatic heterocycles. The van der Waals surface area contributed by atoms with E-state index in [1.165, 1.54) is 12.8 Å². The highest BCUT2D eigenvalue weighted by Crippen LogP contribution is 2.26. The first kappa shape index (κ1) is 16.6. The van der Waals surface area contributed by atoms with Gasteiger partial charge in [-0.25, -0.2) is 4.79 Å². The second-order valence-electron chi connectivity index (χ2n) is 6.92. The monoisotopic (exact) mass is 305 g/mol. The van der Waals surface area contributed by atoms with Crippen LogP contribution in [-0.2, 0) is 4.74 Å². The van der Waals surface area contributed by atoms with Gasteiger partial charge in [-0.2, -0.15) is 0 Å². The van der Waals surface area contributed by atoms with Gasteiger partial charge in [-0.1, -0.05) is 12.8 Å². The van der Waals surface area contributed by atoms with Gasteiger partial charge in [0.05, 0.1) is 5.69 Å². The zero-order chi connectivity index (χ0) is 16.0. The van der Waals surface area contributed by atoms with Crippen molar-refractivity contribution in [2.75, 3.05) is 11.9 Å². The van der Waals surface area contributed by atoms with Crippen LogP contribution in [0.1, 0.15) is 46.5 Å². The number of anilines is 1. The minimum absolute atomic E-state index is 0.335. The number of rotatable bonds is 4. The third-order valence-corrected chi connectivity index (χ3v) is 3.83. The molecule has 1 fully saturated rings. The summed E-state index contributed by atoms with van der Waals surface area (Å²) in [7, 11) is 0. The predicted molar refractivity (Wildman–Crippen MR) is 87.8 cm³/mol. The fourth-order valence-electron chi connectivity index (χ4n) is 2.83. The van der Waals surface area contributed by atoms with Gasteiger partial charge in [0.2, 0.25) is 0 Å². The van der Waals surface area contributed by atoms with E-state index in [4.69, 9.17) is 4.74 Å². The van der Waals surface area contributed by atoms with Crippen LogP contribution in [-0.4, -0.2) is 29.3 Å². The molecule has 1 aromatic rings. The van der Waals surface area contributed by atoms with Crippen molar-refractivity contribution in [2.45, 2.75) is 58.1 Å². The lowest BCUT2D eigenvalue weighted by Gasteiger charge is -2.33. The molecule has 5 nitrogen and oxygen atoms in total. The van der Waals surface area contributed by atoms with Crippen LogP contribution in [0.25, 0.3) is 0 Å². The van der Waals surface area contributed by atoms with Crippen LogP contribution in [0.3, 0.4) is 0 Å². The molecule has 1 amide bonds. The molecule has 1 aliphatic rings. The number of hydrogen-bond donors (Lipinski definition) is 2. The molecule has 2 rings (SSSR count). The number of carbonyl (C=O) groups excluding carboxylic acids is 1. The second kappa shape index (κ2) is 7.47. The summed E-state index contributed by atoms with van der Waals surface area (Å²) in [5.41, 5.74) is 0.584. The van der Waals surface area contributed by atoms with Gasteiger partial charge < -0.3 is 15.4 Å². The summed E-state index contributed by atoms with van der Waals surface area (Å²) in [6.07, 6.45) is 7.95. The van der Waals surface area contributed by atoms with Crippen LogP contribution < -0.4 is 10.6 Å². The molecule has 0 aromatic carbocycles. The average molecular weight is 305 g/mol. The van der Waals surface area contributed by atoms with Crippen LogP contribution in [0.15, 0.2) is 24.5 Å². The lowest BCUT2D eigenvalue weighted by atomic mass is 9.84. The molecule has 0 bridgehead atoms. The van der Waals surface area contributed by atoms with Crippen molar-refractivity contribution < 1.29 is 9.53 Å². The largest absolute Gasteiger partial charge is 0.444 e. The molecule has 5 heteroatoms. The number of hydrogen-bond acceptors (Lipinski definition) is 4. The van der Waals surface area contributed by atoms with Gasteiger partial charge in [-0.3, -0.25) is 4.98 Å². The number of ether oxygens (including phenoxy) is 1. The first-order chi connectivity index (χ1) is 10.4. The van der Waals surface area contributed by atoms with Gasteiger partial charge >= 0.3 is 6.09 Å². The zero-order valence-electron chi connectivity index (χ0n) is 13.8. The maximum Gasteiger partial charge on any atom is 0.407 e. The molecule has 0 radical (unpaired) electrons. The van der Waals surface area contributed by atoms with Gasteiger partial charge in [-0.05, 0) is 51.7 Å². The molecule has 2 unspecified atom stereocenters. The minimum Gasteiger partial charge on any atom is -0.444 e. The van der Waals surface area contributed by atoms with E-state index in [-0.39, 0.29) is 6.09 Å². The number of alkyl carbamates (subject to hydrolysis) is 1. The van der Waals surface area contributed by atoms with Crippen LogP contribution in [0.4, 0.5) is 10.5 Å². The van der Waals surface area contributed by atoms with E-state index in [1.54, 1.807) is 6.20 Å². The van der Waals surface area contributed by atoms with E-state index in [1.807, 2.05) is 39.1 Å². The Labute approximate surface area is 132 Å². The van der Waals surface area contributed by atoms with Crippen molar-refractivity contribution >= 4 is 11.8 Å². The fraction of sp³-hybridized carbons (Fsp3) is 0.647. The number of amides is 1. The van der Waals surface area contributed by atoms with Crippen molar-refractivity contribution in [2.24, 2.45) is 5.92 Å². The fourth-order valence-corrected chi connectivity index (χ4v) is 2.83. The van der Waals surface area contributed by atoms with Crippen LogP contribution in [0.5, 0.6) is 0 Å². The van der Waals surface area contributed by atoms with Crippen LogP contribution in [0.2, 0.25) is 0 Å². The number of pyridine rings is 1. The minimum atomic E-state index is -0.454. The molecule has 2 N–H and O–H groups in total. The molecule has 1 aromatic heterocycles. The van der Waals surface area contributed by atoms with Crippen molar-refractivity contribution in [1.29, 1.82) is 0 Å². The van der Waals surface area contributed by atoms with Crippen molar-refractivity contribution in [3.05, 3.63) is 24.5 Å². The maximum absolute atomic E-state index is 11.8. The topological polar surface area (TPSA) is 63.2 Å². The van der Waals surface area contributed by atoms with Gasteiger partial charge in [0.25, 0.3) is 0 Å². The zero-order valence-corrected chi connectivity index (χ0v) is 13.8. The van der Waals surface area contributed by atoms with Gasteiger partial charge in [-0.15, -0.1) is 0 Å². The molecule has 1 saturated carbocycles. The highest BCUT2D eigenvalue weighted by Gasteiger charge is 2.26. The molecule has 1 heterocycles. The SMILES string of the molecule is CC(C)(C)OC(=O)NCC1CCCCC1Nc1cccnc1. The summed E-state index contributed by atoms with van der Waals surface area (Å²) >= 11 is 0. The Balaban J connectivity index is 1.86. The first-order valence-corrected chi connectivity index (χ1v) is 8.07. The first-order valence-electron chi connectivity index (χ1n) is 8.07. The van der Waals surface area contributed by atoms with Crippen LogP contribution >= 0.6 is 0 Å². The van der Waals surface area contributed by atoms with Crippen LogP contribution in [0, 0.1) is 5.92 Å². The molecule has 0 spiro atoms. The van der Waals surface area contributed by atoms with Gasteiger partial charge in [0.15, 0.2) is 0 Å². The van der Waals surface area contributed by atoms with E-state index in [0.717, 1.165) is 18.5 Å². The Morgan fingerprint density at radius 3 is 2.82 bits per heavy atom. The lowest BCUT2D eigenvalue weighted by molar-refractivity contribution is 0.0514. The standard InChI is InChI=1S/C17H27N3O2/c1-17(2,3)22-16(21)19-11-13-7-4-5-9-15(13)20-14-8-6-10-18-12-14/h6,8,10,12-13,15,20H,4-5,7,9,11H2,1-3H3,(H,19,21). The Kier molecular flexibility index (Phi) is 5.63. The average Bonchev–Trinajstić information content (AvgIpc) is 2.46. The number of nitrogens with one attached hydrogen (secondary N) is 2. The number of carbonyl (C=O) groups is 1. The molecule has 0 saturated heterocycles. The van der Waals surface area contributed by atoms with Crippen molar-refractivity contribution in [3.8, 4) is 0 Å². The smallest absolute Gasteiger partial charge is 0.407 e. The Hall–Kier alpha value is -1.78. The molecular weight excluding hydrogens is 278 g/mol. The van der Waals surface area contributed by atoms with E-state index < -0.39 is 5.60 Å². The molecule has 1 aliphatic carbocycles. The summed E-state index contributed by atoms with van der Waals surface area (Å²) in [6, 6.07) is 4.33. The van der Waals surface area contributed by atoms with E-state index in [0.29, 0.717) is 18.5 Å². The molecular formula is C17H27N3O2. The van der Waals surface area contributed by atoms with E-state index >= 15 is 0 Å². The molecule has 22 heavy (non-hydrogen) atoms. The quantitative estimate of drug-likeness (QED) is 0.892. The highest BCUT2D eigenvalue weighted by molar-refractivity contribution is 5.67. The normalized spacial score (nSPS) is 22.0.